The molecule has 0 bridgehead atoms. The van der Waals surface area contributed by atoms with Gasteiger partial charge in [0.25, 0.3) is 0 Å². The lowest BCUT2D eigenvalue weighted by atomic mass is 9.59. The van der Waals surface area contributed by atoms with E-state index in [0.29, 0.717) is 11.6 Å². The van der Waals surface area contributed by atoms with Crippen LogP contribution in [-0.4, -0.2) is 6.17 Å². The molecule has 2 fully saturated rings. The Balaban J connectivity index is 1.50. The summed E-state index contributed by atoms with van der Waals surface area (Å²) in [6, 6.07) is 7.46. The molecular formula is C30H42F2. The van der Waals surface area contributed by atoms with Crippen LogP contribution in [0.2, 0.25) is 0 Å². The van der Waals surface area contributed by atoms with Crippen LogP contribution < -0.4 is 10.4 Å². The normalized spacial score (nSPS) is 35.5. The first-order valence-electron chi connectivity index (χ1n) is 13.3. The van der Waals surface area contributed by atoms with Gasteiger partial charge in [0.05, 0.1) is 0 Å². The SMILES string of the molecule is C/C=C/CCC1(C2CCC(C3CCC(CCC)CC3)CC2)C=c2ccccc2=C(F)C1F. The van der Waals surface area contributed by atoms with Crippen molar-refractivity contribution >= 4 is 11.9 Å². The first-order valence-corrected chi connectivity index (χ1v) is 13.3. The smallest absolute Gasteiger partial charge is 0.161 e. The van der Waals surface area contributed by atoms with E-state index in [2.05, 4.69) is 19.1 Å². The number of fused-ring (bicyclic) bond motifs is 1. The van der Waals surface area contributed by atoms with Crippen molar-refractivity contribution in [2.45, 2.75) is 97.1 Å². The van der Waals surface area contributed by atoms with Crippen molar-refractivity contribution in [3.05, 3.63) is 46.9 Å². The number of hydrogen-bond acceptors (Lipinski definition) is 0. The first kappa shape index (κ1) is 23.7. The van der Waals surface area contributed by atoms with Crippen LogP contribution in [0, 0.1) is 29.1 Å². The van der Waals surface area contributed by atoms with Gasteiger partial charge in [-0.15, -0.1) is 0 Å². The minimum Gasteiger partial charge on any atom is -0.239 e. The minimum atomic E-state index is -1.52. The van der Waals surface area contributed by atoms with Crippen molar-refractivity contribution < 1.29 is 8.78 Å². The van der Waals surface area contributed by atoms with E-state index in [9.17, 15) is 0 Å². The van der Waals surface area contributed by atoms with Crippen LogP contribution >= 0.6 is 0 Å². The largest absolute Gasteiger partial charge is 0.239 e. The van der Waals surface area contributed by atoms with E-state index in [-0.39, 0.29) is 5.92 Å². The molecule has 0 spiro atoms. The van der Waals surface area contributed by atoms with Crippen LogP contribution in [0.1, 0.15) is 90.9 Å². The maximum atomic E-state index is 15.9. The molecule has 176 valence electrons. The Bertz CT molecular complexity index is 884. The van der Waals surface area contributed by atoms with Crippen molar-refractivity contribution in [1.29, 1.82) is 0 Å². The number of halogens is 2. The topological polar surface area (TPSA) is 0 Å². The zero-order chi connectivity index (χ0) is 22.6. The van der Waals surface area contributed by atoms with Crippen molar-refractivity contribution in [2.24, 2.45) is 29.1 Å². The van der Waals surface area contributed by atoms with Gasteiger partial charge in [0.15, 0.2) is 6.17 Å². The van der Waals surface area contributed by atoms with E-state index in [0.717, 1.165) is 42.2 Å². The van der Waals surface area contributed by atoms with Gasteiger partial charge in [-0.1, -0.05) is 75.1 Å². The van der Waals surface area contributed by atoms with Gasteiger partial charge in [-0.2, -0.15) is 0 Å². The molecule has 2 saturated carbocycles. The molecule has 0 nitrogen and oxygen atoms in total. The van der Waals surface area contributed by atoms with Crippen LogP contribution in [0.4, 0.5) is 8.78 Å². The molecule has 1 aromatic carbocycles. The monoisotopic (exact) mass is 440 g/mol. The summed E-state index contributed by atoms with van der Waals surface area (Å²) in [5.41, 5.74) is -0.707. The lowest BCUT2D eigenvalue weighted by molar-refractivity contribution is 0.0591. The van der Waals surface area contributed by atoms with Crippen LogP contribution in [0.5, 0.6) is 0 Å². The van der Waals surface area contributed by atoms with Gasteiger partial charge in [0.2, 0.25) is 0 Å². The Labute approximate surface area is 193 Å². The molecule has 0 heterocycles. The Morgan fingerprint density at radius 3 is 2.28 bits per heavy atom. The molecule has 2 atom stereocenters. The molecule has 3 aliphatic carbocycles. The molecule has 0 radical (unpaired) electrons. The highest BCUT2D eigenvalue weighted by molar-refractivity contribution is 5.55. The summed E-state index contributed by atoms with van der Waals surface area (Å²) >= 11 is 0. The summed E-state index contributed by atoms with van der Waals surface area (Å²) in [5.74, 6) is 2.30. The quantitative estimate of drug-likeness (QED) is 0.382. The minimum absolute atomic E-state index is 0.231. The molecule has 1 aromatic rings. The number of alkyl halides is 1. The highest BCUT2D eigenvalue weighted by Crippen LogP contribution is 2.52. The van der Waals surface area contributed by atoms with Crippen molar-refractivity contribution in [2.75, 3.05) is 0 Å². The van der Waals surface area contributed by atoms with E-state index in [1.807, 2.05) is 31.2 Å². The molecular weight excluding hydrogens is 398 g/mol. The van der Waals surface area contributed by atoms with Gasteiger partial charge in [-0.3, -0.25) is 0 Å². The maximum absolute atomic E-state index is 15.9. The Morgan fingerprint density at radius 1 is 0.969 bits per heavy atom. The third-order valence-electron chi connectivity index (χ3n) is 9.10. The molecule has 0 aliphatic heterocycles. The average Bonchev–Trinajstić information content (AvgIpc) is 2.83. The molecule has 2 unspecified atom stereocenters. The highest BCUT2D eigenvalue weighted by atomic mass is 19.2. The third kappa shape index (κ3) is 4.75. The predicted octanol–water partition coefficient (Wildman–Crippen LogP) is 7.65. The van der Waals surface area contributed by atoms with E-state index in [1.54, 1.807) is 6.07 Å². The second-order valence-corrected chi connectivity index (χ2v) is 10.8. The van der Waals surface area contributed by atoms with Gasteiger partial charge in [0.1, 0.15) is 5.83 Å². The summed E-state index contributed by atoms with van der Waals surface area (Å²) < 4.78 is 31.2. The van der Waals surface area contributed by atoms with Gasteiger partial charge in [-0.05, 0) is 87.2 Å². The van der Waals surface area contributed by atoms with Gasteiger partial charge in [-0.25, -0.2) is 8.78 Å². The second-order valence-electron chi connectivity index (χ2n) is 10.8. The zero-order valence-electron chi connectivity index (χ0n) is 20.2. The average molecular weight is 441 g/mol. The van der Waals surface area contributed by atoms with Gasteiger partial charge >= 0.3 is 0 Å². The van der Waals surface area contributed by atoms with Crippen LogP contribution in [0.25, 0.3) is 11.9 Å². The molecule has 32 heavy (non-hydrogen) atoms. The van der Waals surface area contributed by atoms with Gasteiger partial charge < -0.3 is 0 Å². The summed E-state index contributed by atoms with van der Waals surface area (Å²) in [6.45, 7) is 4.31. The van der Waals surface area contributed by atoms with Crippen LogP contribution in [0.3, 0.4) is 0 Å². The summed E-state index contributed by atoms with van der Waals surface area (Å²) in [6.07, 6.45) is 19.0. The standard InChI is InChI=1S/C30H42F2/c1-3-5-8-20-30(21-25-10-6-7-11-27(25)28(31)29(30)32)26-18-16-24(17-19-26)23-14-12-22(9-4-2)13-15-23/h3,5-7,10-11,21-24,26,29H,4,8-9,12-20H2,1-2H3/b5-3+. The zero-order valence-corrected chi connectivity index (χ0v) is 20.2. The lowest BCUT2D eigenvalue weighted by Crippen LogP contribution is -2.48. The summed E-state index contributed by atoms with van der Waals surface area (Å²) in [5, 5.41) is 1.34. The van der Waals surface area contributed by atoms with Gasteiger partial charge in [0, 0.05) is 10.6 Å². The second kappa shape index (κ2) is 10.7. The molecule has 0 N–H and O–H groups in total. The summed E-state index contributed by atoms with van der Waals surface area (Å²) in [7, 11) is 0. The summed E-state index contributed by atoms with van der Waals surface area (Å²) in [4.78, 5) is 0. The Hall–Kier alpha value is -1.44. The fourth-order valence-corrected chi connectivity index (χ4v) is 7.29. The number of hydrogen-bond donors (Lipinski definition) is 0. The lowest BCUT2D eigenvalue weighted by Gasteiger charge is -2.46. The first-order chi connectivity index (χ1) is 15.6. The molecule has 0 aromatic heterocycles. The van der Waals surface area contributed by atoms with Crippen LogP contribution in [0.15, 0.2) is 36.4 Å². The molecule has 3 aliphatic rings. The van der Waals surface area contributed by atoms with Crippen molar-refractivity contribution in [3.8, 4) is 0 Å². The number of benzene rings is 1. The predicted molar refractivity (Wildman–Crippen MR) is 132 cm³/mol. The Kier molecular flexibility index (Phi) is 7.90. The van der Waals surface area contributed by atoms with E-state index >= 15 is 8.78 Å². The maximum Gasteiger partial charge on any atom is 0.161 e. The van der Waals surface area contributed by atoms with E-state index in [1.165, 1.54) is 51.4 Å². The number of allylic oxidation sites excluding steroid dienone is 2. The molecule has 0 amide bonds. The fraction of sp³-hybridized carbons (Fsp3) is 0.667. The highest BCUT2D eigenvalue weighted by Gasteiger charge is 2.48. The Morgan fingerprint density at radius 2 is 1.62 bits per heavy atom. The number of rotatable bonds is 7. The van der Waals surface area contributed by atoms with Crippen molar-refractivity contribution in [3.63, 3.8) is 0 Å². The molecule has 4 rings (SSSR count). The molecule has 2 heteroatoms. The van der Waals surface area contributed by atoms with E-state index in [4.69, 9.17) is 0 Å². The van der Waals surface area contributed by atoms with Crippen molar-refractivity contribution in [1.82, 2.24) is 0 Å². The molecule has 0 saturated heterocycles. The van der Waals surface area contributed by atoms with E-state index < -0.39 is 17.4 Å². The van der Waals surface area contributed by atoms with Crippen LogP contribution in [-0.2, 0) is 0 Å². The third-order valence-corrected chi connectivity index (χ3v) is 9.10. The fourth-order valence-electron chi connectivity index (χ4n) is 7.29.